The lowest BCUT2D eigenvalue weighted by molar-refractivity contribution is 1.01. The Morgan fingerprint density at radius 3 is 2.53 bits per heavy atom. The molecule has 3 heteroatoms. The highest BCUT2D eigenvalue weighted by atomic mass is 32.2. The second kappa shape index (κ2) is 5.90. The van der Waals surface area contributed by atoms with Crippen molar-refractivity contribution in [2.45, 2.75) is 31.0 Å². The maximum absolute atomic E-state index is 9.27. The van der Waals surface area contributed by atoms with Crippen molar-refractivity contribution in [2.24, 2.45) is 0 Å². The van der Waals surface area contributed by atoms with Gasteiger partial charge in [-0.05, 0) is 38.0 Å². The van der Waals surface area contributed by atoms with Gasteiger partial charge in [0.05, 0.1) is 5.56 Å². The van der Waals surface area contributed by atoms with Gasteiger partial charge in [-0.2, -0.15) is 5.26 Å². The fourth-order valence-electron chi connectivity index (χ4n) is 1.98. The molecule has 0 saturated carbocycles. The average molecular weight is 268 g/mol. The summed E-state index contributed by atoms with van der Waals surface area (Å²) < 4.78 is 0. The SMILES string of the molecule is Cc1cc(C)c(C#N)c(S[C@@H](C)c2ccccc2)n1. The van der Waals surface area contributed by atoms with E-state index in [4.69, 9.17) is 0 Å². The molecule has 0 spiro atoms. The highest BCUT2D eigenvalue weighted by Gasteiger charge is 2.14. The van der Waals surface area contributed by atoms with Gasteiger partial charge in [0.25, 0.3) is 0 Å². The van der Waals surface area contributed by atoms with Crippen LogP contribution in [0.3, 0.4) is 0 Å². The first kappa shape index (κ1) is 13.6. The Hall–Kier alpha value is -1.79. The molecule has 1 aromatic heterocycles. The smallest absolute Gasteiger partial charge is 0.115 e. The van der Waals surface area contributed by atoms with Crippen molar-refractivity contribution in [3.63, 3.8) is 0 Å². The quantitative estimate of drug-likeness (QED) is 0.773. The number of nitrogens with zero attached hydrogens (tertiary/aromatic N) is 2. The summed E-state index contributed by atoms with van der Waals surface area (Å²) in [4.78, 5) is 4.51. The summed E-state index contributed by atoms with van der Waals surface area (Å²) in [5, 5.41) is 10.4. The van der Waals surface area contributed by atoms with Gasteiger partial charge in [0, 0.05) is 10.9 Å². The van der Waals surface area contributed by atoms with Gasteiger partial charge >= 0.3 is 0 Å². The lowest BCUT2D eigenvalue weighted by Gasteiger charge is -2.13. The molecule has 2 nitrogen and oxygen atoms in total. The predicted octanol–water partition coefficient (Wildman–Crippen LogP) is 4.42. The van der Waals surface area contributed by atoms with Crippen LogP contribution in [-0.2, 0) is 0 Å². The normalized spacial score (nSPS) is 11.9. The van der Waals surface area contributed by atoms with Gasteiger partial charge in [0.15, 0.2) is 0 Å². The second-order valence-electron chi connectivity index (χ2n) is 4.54. The van der Waals surface area contributed by atoms with Crippen molar-refractivity contribution < 1.29 is 0 Å². The molecule has 0 fully saturated rings. The Kier molecular flexibility index (Phi) is 4.24. The van der Waals surface area contributed by atoms with Gasteiger partial charge in [0.1, 0.15) is 11.1 Å². The number of hydrogen-bond donors (Lipinski definition) is 0. The highest BCUT2D eigenvalue weighted by molar-refractivity contribution is 7.99. The van der Waals surface area contributed by atoms with Crippen molar-refractivity contribution in [1.29, 1.82) is 5.26 Å². The van der Waals surface area contributed by atoms with Crippen molar-refractivity contribution in [1.82, 2.24) is 4.98 Å². The van der Waals surface area contributed by atoms with Crippen LogP contribution in [0.5, 0.6) is 0 Å². The largest absolute Gasteiger partial charge is 0.245 e. The lowest BCUT2D eigenvalue weighted by Crippen LogP contribution is -1.96. The Labute approximate surface area is 118 Å². The van der Waals surface area contributed by atoms with Gasteiger partial charge in [-0.25, -0.2) is 4.98 Å². The number of aryl methyl sites for hydroxylation is 2. The van der Waals surface area contributed by atoms with Gasteiger partial charge in [0.2, 0.25) is 0 Å². The molecular formula is C16H16N2S. The van der Waals surface area contributed by atoms with Crippen LogP contribution in [-0.4, -0.2) is 4.98 Å². The molecule has 19 heavy (non-hydrogen) atoms. The molecule has 1 heterocycles. The number of hydrogen-bond acceptors (Lipinski definition) is 3. The summed E-state index contributed by atoms with van der Waals surface area (Å²) >= 11 is 1.64. The molecule has 0 aliphatic rings. The van der Waals surface area contributed by atoms with Crippen LogP contribution in [0.4, 0.5) is 0 Å². The summed E-state index contributed by atoms with van der Waals surface area (Å²) in [6, 6.07) is 14.5. The molecule has 1 aromatic carbocycles. The maximum atomic E-state index is 9.27. The minimum Gasteiger partial charge on any atom is -0.245 e. The number of benzene rings is 1. The van der Waals surface area contributed by atoms with Crippen molar-refractivity contribution in [3.8, 4) is 6.07 Å². The van der Waals surface area contributed by atoms with E-state index < -0.39 is 0 Å². The fourth-order valence-corrected chi connectivity index (χ4v) is 3.13. The zero-order chi connectivity index (χ0) is 13.8. The van der Waals surface area contributed by atoms with E-state index in [1.165, 1.54) is 5.56 Å². The third-order valence-electron chi connectivity index (χ3n) is 2.98. The number of pyridine rings is 1. The number of rotatable bonds is 3. The standard InChI is InChI=1S/C16H16N2S/c1-11-9-12(2)18-16(15(11)10-17)19-13(3)14-7-5-4-6-8-14/h4-9,13H,1-3H3/t13-/m0/s1. The van der Waals surface area contributed by atoms with Crippen LogP contribution in [0.1, 0.15) is 34.6 Å². The zero-order valence-corrected chi connectivity index (χ0v) is 12.2. The third kappa shape index (κ3) is 3.15. The summed E-state index contributed by atoms with van der Waals surface area (Å²) in [6.45, 7) is 6.07. The van der Waals surface area contributed by atoms with E-state index in [-0.39, 0.29) is 5.25 Å². The second-order valence-corrected chi connectivity index (χ2v) is 5.87. The number of thioether (sulfide) groups is 1. The van der Waals surface area contributed by atoms with E-state index in [0.717, 1.165) is 16.3 Å². The molecule has 0 aliphatic carbocycles. The summed E-state index contributed by atoms with van der Waals surface area (Å²) in [7, 11) is 0. The zero-order valence-electron chi connectivity index (χ0n) is 11.3. The fraction of sp³-hybridized carbons (Fsp3) is 0.250. The van der Waals surface area contributed by atoms with Crippen molar-refractivity contribution in [2.75, 3.05) is 0 Å². The van der Waals surface area contributed by atoms with Gasteiger partial charge in [-0.3, -0.25) is 0 Å². The van der Waals surface area contributed by atoms with Crippen LogP contribution < -0.4 is 0 Å². The lowest BCUT2D eigenvalue weighted by atomic mass is 10.1. The molecule has 0 unspecified atom stereocenters. The Morgan fingerprint density at radius 1 is 1.21 bits per heavy atom. The molecule has 0 bridgehead atoms. The summed E-state index contributed by atoms with van der Waals surface area (Å²) in [6.07, 6.45) is 0. The van der Waals surface area contributed by atoms with Crippen molar-refractivity contribution >= 4 is 11.8 Å². The third-order valence-corrected chi connectivity index (χ3v) is 4.13. The van der Waals surface area contributed by atoms with E-state index >= 15 is 0 Å². The van der Waals surface area contributed by atoms with Crippen LogP contribution >= 0.6 is 11.8 Å². The average Bonchev–Trinajstić information content (AvgIpc) is 2.39. The molecule has 0 saturated heterocycles. The van der Waals surface area contributed by atoms with Gasteiger partial charge in [-0.1, -0.05) is 42.1 Å². The Morgan fingerprint density at radius 2 is 1.89 bits per heavy atom. The number of nitriles is 1. The molecule has 1 atom stereocenters. The van der Waals surface area contributed by atoms with Crippen LogP contribution in [0.25, 0.3) is 0 Å². The van der Waals surface area contributed by atoms with Gasteiger partial charge in [-0.15, -0.1) is 0 Å². The summed E-state index contributed by atoms with van der Waals surface area (Å²) in [5.74, 6) is 0. The predicted molar refractivity (Wildman–Crippen MR) is 79.1 cm³/mol. The van der Waals surface area contributed by atoms with E-state index in [2.05, 4.69) is 30.1 Å². The van der Waals surface area contributed by atoms with E-state index in [1.54, 1.807) is 11.8 Å². The van der Waals surface area contributed by atoms with Crippen LogP contribution in [0, 0.1) is 25.2 Å². The Balaban J connectivity index is 2.32. The summed E-state index contributed by atoms with van der Waals surface area (Å²) in [5.41, 5.74) is 3.90. The highest BCUT2D eigenvalue weighted by Crippen LogP contribution is 2.36. The first-order valence-electron chi connectivity index (χ1n) is 6.21. The van der Waals surface area contributed by atoms with Crippen LogP contribution in [0.15, 0.2) is 41.4 Å². The van der Waals surface area contributed by atoms with Crippen LogP contribution in [0.2, 0.25) is 0 Å². The van der Waals surface area contributed by atoms with Crippen molar-refractivity contribution in [3.05, 3.63) is 58.8 Å². The molecular weight excluding hydrogens is 252 g/mol. The Bertz CT molecular complexity index is 615. The first-order chi connectivity index (χ1) is 9.11. The van der Waals surface area contributed by atoms with E-state index in [1.807, 2.05) is 38.1 Å². The molecule has 2 aromatic rings. The maximum Gasteiger partial charge on any atom is 0.115 e. The first-order valence-corrected chi connectivity index (χ1v) is 7.09. The van der Waals surface area contributed by atoms with E-state index in [0.29, 0.717) is 5.56 Å². The molecule has 96 valence electrons. The molecule has 0 amide bonds. The topological polar surface area (TPSA) is 36.7 Å². The molecule has 0 radical (unpaired) electrons. The minimum atomic E-state index is 0.280. The molecule has 0 N–H and O–H groups in total. The molecule has 0 aliphatic heterocycles. The number of aromatic nitrogens is 1. The molecule has 2 rings (SSSR count). The van der Waals surface area contributed by atoms with E-state index in [9.17, 15) is 5.26 Å². The monoisotopic (exact) mass is 268 g/mol. The minimum absolute atomic E-state index is 0.280. The van der Waals surface area contributed by atoms with Gasteiger partial charge < -0.3 is 0 Å².